The largest absolute Gasteiger partial charge is 0.383 e. The van der Waals surface area contributed by atoms with Gasteiger partial charge in [-0.25, -0.2) is 0 Å². The molecule has 112 valence electrons. The molecule has 0 saturated carbocycles. The molecular weight excluding hydrogens is 240 g/mol. The summed E-state index contributed by atoms with van der Waals surface area (Å²) in [5, 5.41) is 3.39. The average molecular weight is 270 g/mol. The lowest BCUT2D eigenvalue weighted by Gasteiger charge is -2.27. The monoisotopic (exact) mass is 270 g/mol. The number of ether oxygens (including phenoxy) is 1. The Morgan fingerprint density at radius 2 is 2.16 bits per heavy atom. The molecule has 1 saturated heterocycles. The van der Waals surface area contributed by atoms with Crippen LogP contribution in [0.4, 0.5) is 0 Å². The topological polar surface area (TPSA) is 41.6 Å². The van der Waals surface area contributed by atoms with Crippen LogP contribution in [0.5, 0.6) is 0 Å². The van der Waals surface area contributed by atoms with E-state index in [0.717, 1.165) is 32.5 Å². The van der Waals surface area contributed by atoms with Crippen LogP contribution in [0.2, 0.25) is 0 Å². The maximum Gasteiger partial charge on any atom is 0.222 e. The van der Waals surface area contributed by atoms with Crippen LogP contribution in [0, 0.1) is 11.8 Å². The number of likely N-dealkylation sites (N-methyl/N-ethyl adjacent to an activating group) is 1. The van der Waals surface area contributed by atoms with Crippen molar-refractivity contribution in [2.24, 2.45) is 11.8 Å². The van der Waals surface area contributed by atoms with E-state index in [-0.39, 0.29) is 6.04 Å². The first-order valence-electron chi connectivity index (χ1n) is 7.58. The number of amides is 1. The van der Waals surface area contributed by atoms with Gasteiger partial charge in [-0.2, -0.15) is 0 Å². The molecule has 2 unspecified atom stereocenters. The molecule has 0 aromatic heterocycles. The van der Waals surface area contributed by atoms with E-state index in [0.29, 0.717) is 30.8 Å². The Labute approximate surface area is 117 Å². The van der Waals surface area contributed by atoms with E-state index < -0.39 is 0 Å². The summed E-state index contributed by atoms with van der Waals surface area (Å²) in [6, 6.07) is 0.245. The maximum absolute atomic E-state index is 12.2. The zero-order valence-electron chi connectivity index (χ0n) is 12.9. The minimum absolute atomic E-state index is 0.245. The first-order chi connectivity index (χ1) is 9.08. The molecule has 19 heavy (non-hydrogen) atoms. The van der Waals surface area contributed by atoms with Crippen molar-refractivity contribution < 1.29 is 9.53 Å². The van der Waals surface area contributed by atoms with Gasteiger partial charge < -0.3 is 15.0 Å². The summed E-state index contributed by atoms with van der Waals surface area (Å²) in [6.45, 7) is 9.84. The van der Waals surface area contributed by atoms with Crippen LogP contribution < -0.4 is 5.32 Å². The highest BCUT2D eigenvalue weighted by Crippen LogP contribution is 2.25. The highest BCUT2D eigenvalue weighted by Gasteiger charge is 2.25. The fourth-order valence-electron chi connectivity index (χ4n) is 2.85. The molecule has 0 aromatic rings. The standard InChI is InChI=1S/C15H30N2O2/c1-5-16-14(11-19-4)10-17-9-8-13(12(2)3)6-7-15(17)18/h12-14,16H,5-11H2,1-4H3. The Bertz CT molecular complexity index is 263. The van der Waals surface area contributed by atoms with Gasteiger partial charge in [-0.1, -0.05) is 20.8 Å². The van der Waals surface area contributed by atoms with Crippen LogP contribution in [0.3, 0.4) is 0 Å². The molecule has 0 radical (unpaired) electrons. The Kier molecular flexibility index (Phi) is 7.39. The molecule has 1 aliphatic rings. The molecular formula is C15H30N2O2. The number of hydrogen-bond donors (Lipinski definition) is 1. The van der Waals surface area contributed by atoms with E-state index in [1.54, 1.807) is 7.11 Å². The molecule has 1 amide bonds. The first-order valence-corrected chi connectivity index (χ1v) is 7.58. The second-order valence-corrected chi connectivity index (χ2v) is 5.88. The normalized spacial score (nSPS) is 22.7. The molecule has 4 nitrogen and oxygen atoms in total. The fourth-order valence-corrected chi connectivity index (χ4v) is 2.85. The minimum atomic E-state index is 0.245. The van der Waals surface area contributed by atoms with E-state index in [4.69, 9.17) is 4.74 Å². The van der Waals surface area contributed by atoms with E-state index in [1.807, 2.05) is 4.90 Å². The number of hydrogen-bond acceptors (Lipinski definition) is 3. The predicted octanol–water partition coefficient (Wildman–Crippen LogP) is 1.90. The zero-order valence-corrected chi connectivity index (χ0v) is 12.9. The Morgan fingerprint density at radius 3 is 2.74 bits per heavy atom. The maximum atomic E-state index is 12.2. The van der Waals surface area contributed by atoms with Crippen molar-refractivity contribution in [1.29, 1.82) is 0 Å². The van der Waals surface area contributed by atoms with Gasteiger partial charge in [0.15, 0.2) is 0 Å². The van der Waals surface area contributed by atoms with Gasteiger partial charge in [0.2, 0.25) is 5.91 Å². The molecule has 4 heteroatoms. The van der Waals surface area contributed by atoms with Crippen LogP contribution in [-0.4, -0.2) is 50.2 Å². The van der Waals surface area contributed by atoms with E-state index in [9.17, 15) is 4.79 Å². The lowest BCUT2D eigenvalue weighted by atomic mass is 9.89. The second kappa shape index (κ2) is 8.54. The van der Waals surface area contributed by atoms with Crippen LogP contribution in [0.1, 0.15) is 40.0 Å². The molecule has 1 rings (SSSR count). The summed E-state index contributed by atoms with van der Waals surface area (Å²) >= 11 is 0. The number of carbonyl (C=O) groups is 1. The summed E-state index contributed by atoms with van der Waals surface area (Å²) in [5.41, 5.74) is 0. The van der Waals surface area contributed by atoms with Crippen molar-refractivity contribution in [1.82, 2.24) is 10.2 Å². The summed E-state index contributed by atoms with van der Waals surface area (Å²) in [6.07, 6.45) is 2.88. The molecule has 1 heterocycles. The van der Waals surface area contributed by atoms with Crippen LogP contribution in [0.25, 0.3) is 0 Å². The van der Waals surface area contributed by atoms with Gasteiger partial charge in [0.05, 0.1) is 6.61 Å². The van der Waals surface area contributed by atoms with Gasteiger partial charge in [-0.15, -0.1) is 0 Å². The zero-order chi connectivity index (χ0) is 14.3. The molecule has 0 aromatic carbocycles. The van der Waals surface area contributed by atoms with Gasteiger partial charge in [-0.3, -0.25) is 4.79 Å². The Hall–Kier alpha value is -0.610. The number of likely N-dealkylation sites (tertiary alicyclic amines) is 1. The predicted molar refractivity (Wildman–Crippen MR) is 78.1 cm³/mol. The quantitative estimate of drug-likeness (QED) is 0.768. The number of rotatable bonds is 7. The number of nitrogens with one attached hydrogen (secondary N) is 1. The molecule has 0 spiro atoms. The van der Waals surface area contributed by atoms with Gasteiger partial charge in [0.25, 0.3) is 0 Å². The van der Waals surface area contributed by atoms with Crippen molar-refractivity contribution in [2.45, 2.75) is 46.1 Å². The second-order valence-electron chi connectivity index (χ2n) is 5.88. The SMILES string of the molecule is CCNC(COC)CN1CCC(C(C)C)CCC1=O. The third kappa shape index (κ3) is 5.49. The van der Waals surface area contributed by atoms with E-state index in [2.05, 4.69) is 26.1 Å². The summed E-state index contributed by atoms with van der Waals surface area (Å²) < 4.78 is 5.22. The molecule has 0 bridgehead atoms. The number of nitrogens with zero attached hydrogens (tertiary/aromatic N) is 1. The van der Waals surface area contributed by atoms with Gasteiger partial charge in [0.1, 0.15) is 0 Å². The summed E-state index contributed by atoms with van der Waals surface area (Å²) in [4.78, 5) is 14.2. The summed E-state index contributed by atoms with van der Waals surface area (Å²) in [5.74, 6) is 1.67. The molecule has 1 fully saturated rings. The van der Waals surface area contributed by atoms with Crippen LogP contribution in [0.15, 0.2) is 0 Å². The van der Waals surface area contributed by atoms with Gasteiger partial charge in [0, 0.05) is 32.7 Å². The molecule has 1 aliphatic heterocycles. The van der Waals surface area contributed by atoms with Gasteiger partial charge in [-0.05, 0) is 31.2 Å². The molecule has 2 atom stereocenters. The highest BCUT2D eigenvalue weighted by molar-refractivity contribution is 5.76. The summed E-state index contributed by atoms with van der Waals surface area (Å²) in [7, 11) is 1.71. The molecule has 1 N–H and O–H groups in total. The van der Waals surface area contributed by atoms with Crippen LogP contribution >= 0.6 is 0 Å². The Morgan fingerprint density at radius 1 is 1.42 bits per heavy atom. The van der Waals surface area contributed by atoms with Crippen molar-refractivity contribution in [2.75, 3.05) is 33.4 Å². The number of carbonyl (C=O) groups excluding carboxylic acids is 1. The smallest absolute Gasteiger partial charge is 0.222 e. The number of methoxy groups -OCH3 is 1. The first kappa shape index (κ1) is 16.4. The van der Waals surface area contributed by atoms with Crippen molar-refractivity contribution >= 4 is 5.91 Å². The third-order valence-electron chi connectivity index (χ3n) is 4.10. The van der Waals surface area contributed by atoms with Crippen molar-refractivity contribution in [3.8, 4) is 0 Å². The highest BCUT2D eigenvalue weighted by atomic mass is 16.5. The van der Waals surface area contributed by atoms with Crippen LogP contribution in [-0.2, 0) is 9.53 Å². The third-order valence-corrected chi connectivity index (χ3v) is 4.10. The van der Waals surface area contributed by atoms with Gasteiger partial charge >= 0.3 is 0 Å². The molecule has 0 aliphatic carbocycles. The lowest BCUT2D eigenvalue weighted by molar-refractivity contribution is -0.131. The average Bonchev–Trinajstić information content (AvgIpc) is 2.53. The van der Waals surface area contributed by atoms with E-state index >= 15 is 0 Å². The van der Waals surface area contributed by atoms with Crippen molar-refractivity contribution in [3.05, 3.63) is 0 Å². The minimum Gasteiger partial charge on any atom is -0.383 e. The fraction of sp³-hybridized carbons (Fsp3) is 0.933. The lowest BCUT2D eigenvalue weighted by Crippen LogP contribution is -2.45. The Balaban J connectivity index is 2.53. The van der Waals surface area contributed by atoms with Crippen molar-refractivity contribution in [3.63, 3.8) is 0 Å². The van der Waals surface area contributed by atoms with E-state index in [1.165, 1.54) is 0 Å².